The van der Waals surface area contributed by atoms with Crippen LogP contribution in [0.2, 0.25) is 0 Å². The van der Waals surface area contributed by atoms with Crippen LogP contribution >= 0.6 is 11.3 Å². The Bertz CT molecular complexity index is 560. The van der Waals surface area contributed by atoms with Crippen molar-refractivity contribution < 1.29 is 8.42 Å². The fraction of sp³-hybridized carbons (Fsp3) is 0.733. The van der Waals surface area contributed by atoms with E-state index >= 15 is 0 Å². The van der Waals surface area contributed by atoms with E-state index in [1.54, 1.807) is 4.31 Å². The number of thiophene rings is 1. The molecule has 4 nitrogen and oxygen atoms in total. The zero-order valence-electron chi connectivity index (χ0n) is 12.5. The summed E-state index contributed by atoms with van der Waals surface area (Å²) in [6, 6.07) is 1.84. The van der Waals surface area contributed by atoms with Gasteiger partial charge in [0.15, 0.2) is 0 Å². The van der Waals surface area contributed by atoms with Crippen molar-refractivity contribution in [3.63, 3.8) is 0 Å². The SMILES string of the molecule is CCNCc1csc(S(=O)(=O)N(CC2CC2)CC2CC2)c1. The maximum absolute atomic E-state index is 12.9. The molecule has 0 bridgehead atoms. The highest BCUT2D eigenvalue weighted by atomic mass is 32.2. The lowest BCUT2D eigenvalue weighted by Crippen LogP contribution is -2.34. The maximum atomic E-state index is 12.9. The smallest absolute Gasteiger partial charge is 0.252 e. The van der Waals surface area contributed by atoms with Crippen molar-refractivity contribution in [2.75, 3.05) is 19.6 Å². The zero-order valence-corrected chi connectivity index (χ0v) is 14.2. The van der Waals surface area contributed by atoms with Gasteiger partial charge in [0.25, 0.3) is 10.0 Å². The predicted octanol–water partition coefficient (Wildman–Crippen LogP) is 2.67. The molecule has 1 heterocycles. The first kappa shape index (κ1) is 15.5. The minimum Gasteiger partial charge on any atom is -0.313 e. The second-order valence-corrected chi connectivity index (χ2v) is 9.34. The average molecular weight is 329 g/mol. The Kier molecular flexibility index (Phi) is 4.69. The summed E-state index contributed by atoms with van der Waals surface area (Å²) in [5.41, 5.74) is 1.07. The van der Waals surface area contributed by atoms with Gasteiger partial charge in [0.05, 0.1) is 0 Å². The normalized spacial score (nSPS) is 19.3. The lowest BCUT2D eigenvalue weighted by Gasteiger charge is -2.21. The molecule has 0 atom stereocenters. The predicted molar refractivity (Wildman–Crippen MR) is 85.9 cm³/mol. The van der Waals surface area contributed by atoms with Gasteiger partial charge in [-0.05, 0) is 61.1 Å². The van der Waals surface area contributed by atoms with Gasteiger partial charge >= 0.3 is 0 Å². The van der Waals surface area contributed by atoms with Crippen LogP contribution in [0.1, 0.15) is 38.2 Å². The Morgan fingerprint density at radius 3 is 2.38 bits per heavy atom. The van der Waals surface area contributed by atoms with Crippen molar-refractivity contribution in [2.45, 2.75) is 43.4 Å². The van der Waals surface area contributed by atoms with Crippen molar-refractivity contribution in [2.24, 2.45) is 11.8 Å². The molecule has 0 aromatic carbocycles. The molecular weight excluding hydrogens is 304 g/mol. The minimum atomic E-state index is -3.29. The molecule has 2 saturated carbocycles. The largest absolute Gasteiger partial charge is 0.313 e. The summed E-state index contributed by atoms with van der Waals surface area (Å²) in [6.45, 7) is 5.14. The van der Waals surface area contributed by atoms with Crippen LogP contribution in [0, 0.1) is 11.8 Å². The summed E-state index contributed by atoms with van der Waals surface area (Å²) < 4.78 is 28.0. The quantitative estimate of drug-likeness (QED) is 0.758. The summed E-state index contributed by atoms with van der Waals surface area (Å²) in [6.07, 6.45) is 4.75. The summed E-state index contributed by atoms with van der Waals surface area (Å²) in [7, 11) is -3.29. The van der Waals surface area contributed by atoms with E-state index in [1.165, 1.54) is 37.0 Å². The number of hydrogen-bond donors (Lipinski definition) is 1. The Labute approximate surface area is 131 Å². The van der Waals surface area contributed by atoms with Gasteiger partial charge in [-0.25, -0.2) is 8.42 Å². The van der Waals surface area contributed by atoms with E-state index in [9.17, 15) is 8.42 Å². The highest BCUT2D eigenvalue weighted by molar-refractivity contribution is 7.91. The van der Waals surface area contributed by atoms with Gasteiger partial charge in [-0.2, -0.15) is 4.31 Å². The molecule has 1 aromatic rings. The summed E-state index contributed by atoms with van der Waals surface area (Å²) in [5.74, 6) is 1.19. The fourth-order valence-electron chi connectivity index (χ4n) is 2.43. The summed E-state index contributed by atoms with van der Waals surface area (Å²) in [5, 5.41) is 5.20. The molecule has 3 rings (SSSR count). The monoisotopic (exact) mass is 328 g/mol. The van der Waals surface area contributed by atoms with Crippen molar-refractivity contribution in [3.05, 3.63) is 17.0 Å². The van der Waals surface area contributed by atoms with Crippen LogP contribution in [0.5, 0.6) is 0 Å². The molecule has 2 fully saturated rings. The Hall–Kier alpha value is -0.430. The third-order valence-corrected chi connectivity index (χ3v) is 7.42. The van der Waals surface area contributed by atoms with E-state index in [1.807, 2.05) is 11.4 Å². The van der Waals surface area contributed by atoms with Gasteiger partial charge in [0.1, 0.15) is 4.21 Å². The number of hydrogen-bond acceptors (Lipinski definition) is 4. The lowest BCUT2D eigenvalue weighted by atomic mass is 10.3. The molecule has 1 N–H and O–H groups in total. The average Bonchev–Trinajstić information content (AvgIpc) is 3.38. The second-order valence-electron chi connectivity index (χ2n) is 6.26. The van der Waals surface area contributed by atoms with Gasteiger partial charge in [0, 0.05) is 19.6 Å². The van der Waals surface area contributed by atoms with E-state index in [-0.39, 0.29) is 0 Å². The molecule has 21 heavy (non-hydrogen) atoms. The van der Waals surface area contributed by atoms with Crippen LogP contribution in [-0.4, -0.2) is 32.4 Å². The van der Waals surface area contributed by atoms with Gasteiger partial charge in [-0.3, -0.25) is 0 Å². The molecule has 0 saturated heterocycles. The lowest BCUT2D eigenvalue weighted by molar-refractivity contribution is 0.383. The maximum Gasteiger partial charge on any atom is 0.252 e. The van der Waals surface area contributed by atoms with Crippen LogP contribution in [0.3, 0.4) is 0 Å². The van der Waals surface area contributed by atoms with Gasteiger partial charge in [-0.15, -0.1) is 11.3 Å². The molecule has 1 aromatic heterocycles. The first-order valence-electron chi connectivity index (χ1n) is 7.88. The topological polar surface area (TPSA) is 49.4 Å². The highest BCUT2D eigenvalue weighted by Crippen LogP contribution is 2.36. The van der Waals surface area contributed by atoms with Gasteiger partial charge in [-0.1, -0.05) is 6.92 Å². The van der Waals surface area contributed by atoms with E-state index in [4.69, 9.17) is 0 Å². The molecule has 0 amide bonds. The van der Waals surface area contributed by atoms with Crippen molar-refractivity contribution in [1.82, 2.24) is 9.62 Å². The molecule has 0 radical (unpaired) electrons. The molecule has 0 spiro atoms. The minimum absolute atomic E-state index is 0.511. The van der Waals surface area contributed by atoms with E-state index in [2.05, 4.69) is 12.2 Å². The van der Waals surface area contributed by atoms with Crippen molar-refractivity contribution in [3.8, 4) is 0 Å². The van der Waals surface area contributed by atoms with Crippen LogP contribution < -0.4 is 5.32 Å². The third kappa shape index (κ3) is 4.06. The first-order valence-corrected chi connectivity index (χ1v) is 10.2. The van der Waals surface area contributed by atoms with E-state index in [0.29, 0.717) is 16.0 Å². The van der Waals surface area contributed by atoms with Gasteiger partial charge in [0.2, 0.25) is 0 Å². The number of nitrogens with one attached hydrogen (secondary N) is 1. The number of nitrogens with zero attached hydrogens (tertiary/aromatic N) is 1. The van der Waals surface area contributed by atoms with Crippen LogP contribution in [-0.2, 0) is 16.6 Å². The highest BCUT2D eigenvalue weighted by Gasteiger charge is 2.36. The molecule has 2 aliphatic rings. The fourth-order valence-corrected chi connectivity index (χ4v) is 5.38. The summed E-state index contributed by atoms with van der Waals surface area (Å²) in [4.78, 5) is 0. The van der Waals surface area contributed by atoms with Crippen LogP contribution in [0.15, 0.2) is 15.7 Å². The molecule has 0 unspecified atom stereocenters. The molecule has 118 valence electrons. The zero-order chi connectivity index (χ0) is 14.9. The number of rotatable bonds is 9. The molecule has 2 aliphatic carbocycles. The molecule has 6 heteroatoms. The standard InChI is InChI=1S/C15H24N2O2S2/c1-2-16-8-14-7-15(20-11-14)21(18,19)17(9-12-3-4-12)10-13-5-6-13/h7,11-13,16H,2-6,8-10H2,1H3. The second kappa shape index (κ2) is 6.36. The van der Waals surface area contributed by atoms with Crippen molar-refractivity contribution in [1.29, 1.82) is 0 Å². The van der Waals surface area contributed by atoms with Crippen LogP contribution in [0.4, 0.5) is 0 Å². The Balaban J connectivity index is 1.73. The third-order valence-electron chi connectivity index (χ3n) is 4.12. The number of sulfonamides is 1. The van der Waals surface area contributed by atoms with E-state index < -0.39 is 10.0 Å². The molecule has 0 aliphatic heterocycles. The van der Waals surface area contributed by atoms with Gasteiger partial charge < -0.3 is 5.32 Å². The Morgan fingerprint density at radius 1 is 1.24 bits per heavy atom. The molecular formula is C15H24N2O2S2. The van der Waals surface area contributed by atoms with Crippen molar-refractivity contribution >= 4 is 21.4 Å². The first-order chi connectivity index (χ1) is 10.1. The van der Waals surface area contributed by atoms with E-state index in [0.717, 1.165) is 31.7 Å². The Morgan fingerprint density at radius 2 is 1.86 bits per heavy atom. The summed E-state index contributed by atoms with van der Waals surface area (Å²) >= 11 is 1.36. The van der Waals surface area contributed by atoms with Crippen LogP contribution in [0.25, 0.3) is 0 Å².